The number of imidazole rings is 1. The van der Waals surface area contributed by atoms with Gasteiger partial charge in [0.1, 0.15) is 28.7 Å². The Labute approximate surface area is 573 Å². The van der Waals surface area contributed by atoms with Crippen LogP contribution in [-0.2, 0) is 93.6 Å². The number of hydrogen-bond acceptors (Lipinski definition) is 18. The highest BCUT2D eigenvalue weighted by atomic mass is 32.2. The fourth-order valence-corrected chi connectivity index (χ4v) is 13.8. The predicted molar refractivity (Wildman–Crippen MR) is 362 cm³/mol. The molecule has 528 valence electrons. The van der Waals surface area contributed by atoms with Crippen LogP contribution in [0.3, 0.4) is 0 Å². The van der Waals surface area contributed by atoms with E-state index in [0.29, 0.717) is 68.8 Å². The number of Topliss-reactive ketones (excluding diaryl/α,β-unsaturated/α-hetero) is 4. The summed E-state index contributed by atoms with van der Waals surface area (Å²) in [7, 11) is 0.164. The van der Waals surface area contributed by atoms with Crippen molar-refractivity contribution in [3.63, 3.8) is 0 Å². The SMILES string of the molecule is C=C1C[C@H]2C(S(=O)(=O)[O-])Cc3cc(OCCCC(=O)Nc4cn(C)c(C(=O)Cc5cc(C(=O)Nc6cc(C(=O)n7ccc8cc(CC(=O)[C@H](C)NC(=O)[C@@H](CC(=O)CCOCCOCCCC(=O)CCN9C(=O)CC(C)C9=O)C(C)C)ccc87)n(C)c6)n(C)c5)n4)c(C)cc3C(=O)N2C1. The number of ketones is 4. The topological polar surface area (TPSA) is 348 Å². The molecular formula is C71H85N10O17S-. The van der Waals surface area contributed by atoms with Crippen LogP contribution in [0, 0.1) is 24.7 Å². The molecular weight excluding hydrogens is 1300 g/mol. The maximum absolute atomic E-state index is 14.1. The zero-order chi connectivity index (χ0) is 71.7. The molecule has 4 aromatic heterocycles. The number of rotatable bonds is 34. The molecule has 0 spiro atoms. The summed E-state index contributed by atoms with van der Waals surface area (Å²) in [6.07, 6.45) is 7.65. The van der Waals surface area contributed by atoms with Crippen LogP contribution in [0.4, 0.5) is 11.5 Å². The molecule has 99 heavy (non-hydrogen) atoms. The van der Waals surface area contributed by atoms with Gasteiger partial charge in [-0.1, -0.05) is 39.0 Å². The normalized spacial score (nSPS) is 16.8. The molecule has 0 bridgehead atoms. The Morgan fingerprint density at radius 2 is 1.48 bits per heavy atom. The van der Waals surface area contributed by atoms with Crippen molar-refractivity contribution >= 4 is 97.0 Å². The third-order valence-corrected chi connectivity index (χ3v) is 19.5. The van der Waals surface area contributed by atoms with Crippen molar-refractivity contribution < 1.29 is 79.9 Å². The molecule has 5 atom stereocenters. The summed E-state index contributed by atoms with van der Waals surface area (Å²) in [5, 5.41) is 7.69. The molecule has 2 aromatic carbocycles. The summed E-state index contributed by atoms with van der Waals surface area (Å²) in [4.78, 5) is 151. The first-order valence-corrected chi connectivity index (χ1v) is 34.6. The van der Waals surface area contributed by atoms with Crippen LogP contribution in [-0.4, -0.2) is 174 Å². The number of likely N-dealkylation sites (tertiary alicyclic amines) is 1. The molecule has 7 heterocycles. The number of nitrogens with zero attached hydrogens (tertiary/aromatic N) is 7. The highest BCUT2D eigenvalue weighted by molar-refractivity contribution is 7.86. The second-order valence-corrected chi connectivity index (χ2v) is 27.9. The van der Waals surface area contributed by atoms with Crippen molar-refractivity contribution in [3.05, 3.63) is 130 Å². The lowest BCUT2D eigenvalue weighted by Crippen LogP contribution is -2.44. The number of carbonyl (C=O) groups excluding carboxylic acids is 11. The van der Waals surface area contributed by atoms with Crippen molar-refractivity contribution in [2.75, 3.05) is 56.8 Å². The average Bonchev–Trinajstić information content (AvgIpc) is 1.63. The van der Waals surface area contributed by atoms with Gasteiger partial charge in [-0.15, -0.1) is 0 Å². The Hall–Kier alpha value is -9.51. The zero-order valence-electron chi connectivity index (χ0n) is 57.0. The van der Waals surface area contributed by atoms with Gasteiger partial charge in [0.05, 0.1) is 65.1 Å². The molecule has 2 saturated heterocycles. The molecule has 6 amide bonds. The highest BCUT2D eigenvalue weighted by Crippen LogP contribution is 2.37. The maximum Gasteiger partial charge on any atom is 0.279 e. The number of anilines is 2. The van der Waals surface area contributed by atoms with Crippen molar-refractivity contribution in [2.24, 2.45) is 38.9 Å². The maximum atomic E-state index is 14.1. The summed E-state index contributed by atoms with van der Waals surface area (Å²) in [5.41, 5.74) is 4.54. The van der Waals surface area contributed by atoms with Gasteiger partial charge in [-0.25, -0.2) is 13.4 Å². The minimum atomic E-state index is -4.77. The molecule has 28 heteroatoms. The summed E-state index contributed by atoms with van der Waals surface area (Å²) in [5.74, 6) is -4.06. The summed E-state index contributed by atoms with van der Waals surface area (Å²) < 4.78 is 60.4. The fourth-order valence-electron chi connectivity index (χ4n) is 12.8. The van der Waals surface area contributed by atoms with E-state index in [2.05, 4.69) is 27.5 Å². The second kappa shape index (κ2) is 32.0. The molecule has 2 fully saturated rings. The van der Waals surface area contributed by atoms with E-state index in [9.17, 15) is 65.7 Å². The molecule has 0 saturated carbocycles. The van der Waals surface area contributed by atoms with E-state index in [-0.39, 0.29) is 186 Å². The monoisotopic (exact) mass is 1380 g/mol. The minimum absolute atomic E-state index is 0.0161. The molecule has 3 aliphatic rings. The third-order valence-electron chi connectivity index (χ3n) is 18.3. The van der Waals surface area contributed by atoms with Crippen LogP contribution in [0.5, 0.6) is 5.75 Å². The lowest BCUT2D eigenvalue weighted by atomic mass is 9.88. The Morgan fingerprint density at radius 1 is 0.758 bits per heavy atom. The van der Waals surface area contributed by atoms with Crippen molar-refractivity contribution in [1.82, 2.24) is 38.4 Å². The van der Waals surface area contributed by atoms with Gasteiger partial charge in [0.2, 0.25) is 29.4 Å². The van der Waals surface area contributed by atoms with E-state index in [1.807, 2.05) is 13.8 Å². The standard InChI is InChI=1S/C71H86N10O17S/c1-41(2)53(36-52(83)18-23-97-25-24-96-21-10-12-51(82)17-20-80-65(87)28-44(5)69(80)90)67(88)72-45(6)59(84)31-46-14-15-55-48(29-46)16-19-79(55)71(92)58-35-50(39-77(58)8)73-68(89)57-30-47(38-76(57)7)32-60(85)66-75-63(40-78(66)9)74-64(86)13-11-22-98-61-33-49-34-62(99(93,94)95)56-26-42(3)37-81(56)70(91)54(49)27-43(61)4/h14-16,19,27,29-30,33,35,38-41,44-45,53,56,62H,3,10-13,17-18,20-26,28,31-32,34,36-37H2,1-2,4-9H3,(H,72,88)(H,73,89)(H,74,86)(H,93,94,95)/p-1/t44?,45-,53-,56-,62?/m0/s1. The van der Waals surface area contributed by atoms with Gasteiger partial charge in [-0.3, -0.25) is 62.2 Å². The molecule has 0 aliphatic carbocycles. The first-order chi connectivity index (χ1) is 46.9. The number of hydrogen-bond donors (Lipinski definition) is 3. The van der Waals surface area contributed by atoms with Gasteiger partial charge in [-0.05, 0) is 110 Å². The minimum Gasteiger partial charge on any atom is -0.748 e. The number of aromatic nitrogens is 5. The largest absolute Gasteiger partial charge is 0.748 e. The lowest BCUT2D eigenvalue weighted by Gasteiger charge is -2.30. The van der Waals surface area contributed by atoms with E-state index in [1.54, 1.807) is 118 Å². The number of imide groups is 1. The first kappa shape index (κ1) is 73.7. The van der Waals surface area contributed by atoms with Crippen molar-refractivity contribution in [1.29, 1.82) is 0 Å². The van der Waals surface area contributed by atoms with E-state index in [0.717, 1.165) is 4.90 Å². The van der Waals surface area contributed by atoms with Gasteiger partial charge in [0.25, 0.3) is 17.7 Å². The van der Waals surface area contributed by atoms with Crippen LogP contribution in [0.15, 0.2) is 85.5 Å². The fraction of sp³-hybridized carbons (Fsp3) is 0.465. The molecule has 3 aliphatic heterocycles. The lowest BCUT2D eigenvalue weighted by molar-refractivity contribution is -0.139. The molecule has 0 radical (unpaired) electrons. The number of fused-ring (bicyclic) bond motifs is 3. The first-order valence-electron chi connectivity index (χ1n) is 33.1. The number of aryl methyl sites for hydroxylation is 4. The van der Waals surface area contributed by atoms with Crippen LogP contribution in [0.25, 0.3) is 10.9 Å². The summed E-state index contributed by atoms with van der Waals surface area (Å²) >= 11 is 0. The van der Waals surface area contributed by atoms with E-state index in [1.165, 1.54) is 20.2 Å². The predicted octanol–water partition coefficient (Wildman–Crippen LogP) is 6.17. The van der Waals surface area contributed by atoms with Crippen LogP contribution in [0.2, 0.25) is 0 Å². The molecule has 6 aromatic rings. The molecule has 3 N–H and O–H groups in total. The molecule has 9 rings (SSSR count). The Balaban J connectivity index is 0.684. The molecule has 27 nitrogen and oxygen atoms in total. The van der Waals surface area contributed by atoms with E-state index in [4.69, 9.17) is 14.2 Å². The van der Waals surface area contributed by atoms with Gasteiger partial charge < -0.3 is 53.3 Å². The molecule has 2 unspecified atom stereocenters. The number of ether oxygens (including phenoxy) is 3. The number of nitrogens with one attached hydrogen (secondary N) is 3. The van der Waals surface area contributed by atoms with Gasteiger partial charge in [-0.2, -0.15) is 0 Å². The van der Waals surface area contributed by atoms with Gasteiger partial charge in [0.15, 0.2) is 17.4 Å². The Kier molecular flexibility index (Phi) is 23.8. The number of amides is 6. The Morgan fingerprint density at radius 3 is 2.20 bits per heavy atom. The smallest absolute Gasteiger partial charge is 0.279 e. The quantitative estimate of drug-likeness (QED) is 0.0134. The second-order valence-electron chi connectivity index (χ2n) is 26.4. The number of benzene rings is 2. The third kappa shape index (κ3) is 18.2. The van der Waals surface area contributed by atoms with E-state index < -0.39 is 57.0 Å². The highest BCUT2D eigenvalue weighted by Gasteiger charge is 2.44. The summed E-state index contributed by atoms with van der Waals surface area (Å²) in [6, 6.07) is 11.7. The van der Waals surface area contributed by atoms with Crippen LogP contribution < -0.4 is 20.7 Å². The van der Waals surface area contributed by atoms with E-state index >= 15 is 0 Å². The average molecular weight is 1380 g/mol. The summed E-state index contributed by atoms with van der Waals surface area (Å²) in [6.45, 7) is 13.9. The Bertz CT molecular complexity index is 4290. The zero-order valence-corrected chi connectivity index (χ0v) is 57.8. The van der Waals surface area contributed by atoms with Crippen molar-refractivity contribution in [3.8, 4) is 5.75 Å². The van der Waals surface area contributed by atoms with Gasteiger partial charge >= 0.3 is 0 Å². The number of carbonyl (C=O) groups is 11. The van der Waals surface area contributed by atoms with Crippen molar-refractivity contribution in [2.45, 2.75) is 129 Å². The van der Waals surface area contributed by atoms with Crippen LogP contribution in [0.1, 0.15) is 150 Å². The van der Waals surface area contributed by atoms with Gasteiger partial charge in [0, 0.05) is 140 Å². The van der Waals surface area contributed by atoms with Crippen LogP contribution >= 0.6 is 0 Å².